The van der Waals surface area contributed by atoms with Crippen LogP contribution in [0, 0.1) is 13.8 Å². The molecule has 2 aromatic carbocycles. The zero-order valence-electron chi connectivity index (χ0n) is 16.7. The van der Waals surface area contributed by atoms with Crippen molar-refractivity contribution in [3.63, 3.8) is 0 Å². The predicted octanol–water partition coefficient (Wildman–Crippen LogP) is 3.15. The number of nitrogens with zero attached hydrogens (tertiary/aromatic N) is 2. The molecule has 1 atom stereocenters. The van der Waals surface area contributed by atoms with Crippen molar-refractivity contribution in [3.05, 3.63) is 65.2 Å². The summed E-state index contributed by atoms with van der Waals surface area (Å²) in [5.41, 5.74) is 2.36. The van der Waals surface area contributed by atoms with Crippen LogP contribution >= 0.6 is 11.3 Å². The van der Waals surface area contributed by atoms with Crippen LogP contribution in [0.1, 0.15) is 28.4 Å². The van der Waals surface area contributed by atoms with Crippen LogP contribution in [-0.4, -0.2) is 37.2 Å². The lowest BCUT2D eigenvalue weighted by Gasteiger charge is -2.15. The number of hydrogen-bond acceptors (Lipinski definition) is 7. The number of sulfonamides is 1. The Balaban J connectivity index is 1.60. The molecule has 0 unspecified atom stereocenters. The predicted molar refractivity (Wildman–Crippen MR) is 115 cm³/mol. The minimum Gasteiger partial charge on any atom is -0.492 e. The summed E-state index contributed by atoms with van der Waals surface area (Å²) in [6, 6.07) is 14.0. The van der Waals surface area contributed by atoms with Crippen LogP contribution in [0.25, 0.3) is 0 Å². The van der Waals surface area contributed by atoms with Crippen molar-refractivity contribution in [3.8, 4) is 5.75 Å². The Morgan fingerprint density at radius 1 is 1.13 bits per heavy atom. The van der Waals surface area contributed by atoms with Crippen molar-refractivity contribution in [2.24, 2.45) is 0 Å². The van der Waals surface area contributed by atoms with Gasteiger partial charge in [-0.2, -0.15) is 0 Å². The van der Waals surface area contributed by atoms with Crippen LogP contribution in [0.15, 0.2) is 52.9 Å². The van der Waals surface area contributed by atoms with E-state index in [4.69, 9.17) is 4.74 Å². The van der Waals surface area contributed by atoms with E-state index < -0.39 is 16.1 Å². The zero-order valence-corrected chi connectivity index (χ0v) is 18.4. The number of para-hydroxylation sites is 1. The molecule has 0 radical (unpaired) electrons. The second-order valence-electron chi connectivity index (χ2n) is 6.80. The second-order valence-corrected chi connectivity index (χ2v) is 9.66. The Kier molecular flexibility index (Phi) is 6.80. The van der Waals surface area contributed by atoms with Gasteiger partial charge in [0.25, 0.3) is 15.9 Å². The number of anilines is 1. The SMILES string of the molecule is Cc1cccc(C(=O)Nc2nnc(S(=O)(=O)N[C@H](C)COc3ccccc3C)s2)c1. The van der Waals surface area contributed by atoms with Crippen molar-refractivity contribution in [2.45, 2.75) is 31.2 Å². The number of hydrogen-bond donors (Lipinski definition) is 2. The quantitative estimate of drug-likeness (QED) is 0.514. The first-order valence-electron chi connectivity index (χ1n) is 9.17. The van der Waals surface area contributed by atoms with Gasteiger partial charge in [-0.05, 0) is 44.5 Å². The van der Waals surface area contributed by atoms with Gasteiger partial charge in [-0.3, -0.25) is 10.1 Å². The molecular formula is C20H22N4O4S2. The molecule has 0 saturated carbocycles. The molecule has 30 heavy (non-hydrogen) atoms. The van der Waals surface area contributed by atoms with Crippen LogP contribution in [0.2, 0.25) is 0 Å². The topological polar surface area (TPSA) is 110 Å². The summed E-state index contributed by atoms with van der Waals surface area (Å²) in [5.74, 6) is 0.312. The normalized spacial score (nSPS) is 12.4. The van der Waals surface area contributed by atoms with E-state index in [1.54, 1.807) is 25.1 Å². The molecule has 158 valence electrons. The summed E-state index contributed by atoms with van der Waals surface area (Å²) in [7, 11) is -3.90. The molecular weight excluding hydrogens is 424 g/mol. The molecule has 0 saturated heterocycles. The lowest BCUT2D eigenvalue weighted by Crippen LogP contribution is -2.36. The second kappa shape index (κ2) is 9.33. The number of aromatic nitrogens is 2. The molecule has 0 bridgehead atoms. The van der Waals surface area contributed by atoms with Crippen molar-refractivity contribution in [2.75, 3.05) is 11.9 Å². The maximum atomic E-state index is 12.6. The average Bonchev–Trinajstić information content (AvgIpc) is 3.16. The van der Waals surface area contributed by atoms with E-state index in [2.05, 4.69) is 20.2 Å². The van der Waals surface area contributed by atoms with Crippen LogP contribution in [0.4, 0.5) is 5.13 Å². The standard InChI is InChI=1S/C20H22N4O4S2/c1-13-7-6-9-16(11-13)18(25)21-19-22-23-20(29-19)30(26,27)24-15(3)12-28-17-10-5-4-8-14(17)2/h4-11,15,24H,12H2,1-3H3,(H,21,22,25)/t15-/m1/s1. The van der Waals surface area contributed by atoms with Crippen LogP contribution < -0.4 is 14.8 Å². The van der Waals surface area contributed by atoms with Gasteiger partial charge in [0, 0.05) is 5.56 Å². The molecule has 3 aromatic rings. The largest absolute Gasteiger partial charge is 0.492 e. The molecule has 0 aliphatic heterocycles. The summed E-state index contributed by atoms with van der Waals surface area (Å²) in [5, 5.41) is 10.1. The first-order chi connectivity index (χ1) is 14.2. The molecule has 0 fully saturated rings. The summed E-state index contributed by atoms with van der Waals surface area (Å²) >= 11 is 0.780. The fourth-order valence-corrected chi connectivity index (χ4v) is 4.75. The van der Waals surface area contributed by atoms with Gasteiger partial charge >= 0.3 is 0 Å². The number of carbonyl (C=O) groups is 1. The third-order valence-electron chi connectivity index (χ3n) is 4.08. The highest BCUT2D eigenvalue weighted by Gasteiger charge is 2.23. The van der Waals surface area contributed by atoms with Gasteiger partial charge in [-0.25, -0.2) is 13.1 Å². The van der Waals surface area contributed by atoms with Gasteiger partial charge in [0.2, 0.25) is 9.47 Å². The minimum atomic E-state index is -3.90. The van der Waals surface area contributed by atoms with Gasteiger partial charge in [-0.1, -0.05) is 47.2 Å². The lowest BCUT2D eigenvalue weighted by molar-refractivity contribution is 0.102. The number of rotatable bonds is 8. The highest BCUT2D eigenvalue weighted by Crippen LogP contribution is 2.21. The first kappa shape index (κ1) is 21.9. The van der Waals surface area contributed by atoms with E-state index in [1.165, 1.54) is 0 Å². The fourth-order valence-electron chi connectivity index (χ4n) is 2.61. The Hall–Kier alpha value is -2.82. The van der Waals surface area contributed by atoms with Crippen molar-refractivity contribution in [1.82, 2.24) is 14.9 Å². The fraction of sp³-hybridized carbons (Fsp3) is 0.250. The maximum Gasteiger partial charge on any atom is 0.270 e. The molecule has 1 heterocycles. The van der Waals surface area contributed by atoms with Gasteiger partial charge in [-0.15, -0.1) is 10.2 Å². The molecule has 0 aliphatic rings. The summed E-state index contributed by atoms with van der Waals surface area (Å²) < 4.78 is 33.1. The number of nitrogens with one attached hydrogen (secondary N) is 2. The van der Waals surface area contributed by atoms with E-state index in [0.29, 0.717) is 11.3 Å². The molecule has 1 amide bonds. The van der Waals surface area contributed by atoms with Gasteiger partial charge in [0.15, 0.2) is 0 Å². The van der Waals surface area contributed by atoms with Gasteiger partial charge < -0.3 is 4.74 Å². The summed E-state index contributed by atoms with van der Waals surface area (Å²) in [4.78, 5) is 12.3. The summed E-state index contributed by atoms with van der Waals surface area (Å²) in [6.07, 6.45) is 0. The molecule has 10 heteroatoms. The third-order valence-corrected chi connectivity index (χ3v) is 6.87. The monoisotopic (exact) mass is 446 g/mol. The molecule has 2 N–H and O–H groups in total. The van der Waals surface area contributed by atoms with E-state index in [1.807, 2.05) is 44.2 Å². The Bertz CT molecular complexity index is 1140. The van der Waals surface area contributed by atoms with Crippen LogP contribution in [-0.2, 0) is 10.0 Å². The van der Waals surface area contributed by atoms with E-state index in [-0.39, 0.29) is 22.0 Å². The smallest absolute Gasteiger partial charge is 0.270 e. The van der Waals surface area contributed by atoms with Crippen molar-refractivity contribution >= 4 is 32.4 Å². The summed E-state index contributed by atoms with van der Waals surface area (Å²) in [6.45, 7) is 5.64. The van der Waals surface area contributed by atoms with E-state index in [0.717, 1.165) is 22.5 Å². The molecule has 1 aromatic heterocycles. The Labute approximate surface area is 179 Å². The van der Waals surface area contributed by atoms with Crippen LogP contribution in [0.5, 0.6) is 5.75 Å². The number of benzene rings is 2. The number of amides is 1. The van der Waals surface area contributed by atoms with Gasteiger partial charge in [0.1, 0.15) is 12.4 Å². The molecule has 0 spiro atoms. The molecule has 0 aliphatic carbocycles. The highest BCUT2D eigenvalue weighted by molar-refractivity contribution is 7.91. The zero-order chi connectivity index (χ0) is 21.7. The number of aryl methyl sites for hydroxylation is 2. The Morgan fingerprint density at radius 3 is 2.63 bits per heavy atom. The average molecular weight is 447 g/mol. The van der Waals surface area contributed by atoms with E-state index >= 15 is 0 Å². The van der Waals surface area contributed by atoms with Crippen LogP contribution in [0.3, 0.4) is 0 Å². The highest BCUT2D eigenvalue weighted by atomic mass is 32.2. The number of carbonyl (C=O) groups excluding carboxylic acids is 1. The van der Waals surface area contributed by atoms with Crippen molar-refractivity contribution < 1.29 is 17.9 Å². The minimum absolute atomic E-state index is 0.102. The van der Waals surface area contributed by atoms with Crippen molar-refractivity contribution in [1.29, 1.82) is 0 Å². The first-order valence-corrected chi connectivity index (χ1v) is 11.5. The maximum absolute atomic E-state index is 12.6. The van der Waals surface area contributed by atoms with E-state index in [9.17, 15) is 13.2 Å². The molecule has 3 rings (SSSR count). The lowest BCUT2D eigenvalue weighted by atomic mass is 10.1. The molecule has 8 nitrogen and oxygen atoms in total. The third kappa shape index (κ3) is 5.62. The van der Waals surface area contributed by atoms with Gasteiger partial charge in [0.05, 0.1) is 6.04 Å². The Morgan fingerprint density at radius 2 is 1.90 bits per heavy atom. The number of ether oxygens (including phenoxy) is 1.